The first-order valence-corrected chi connectivity index (χ1v) is 8.32. The second-order valence-electron chi connectivity index (χ2n) is 6.22. The van der Waals surface area contributed by atoms with Crippen molar-refractivity contribution in [3.8, 4) is 5.75 Å². The Hall–Kier alpha value is -1.26. The zero-order valence-electron chi connectivity index (χ0n) is 14.2. The van der Waals surface area contributed by atoms with Crippen molar-refractivity contribution in [2.24, 2.45) is 5.92 Å². The summed E-state index contributed by atoms with van der Waals surface area (Å²) >= 11 is 0. The van der Waals surface area contributed by atoms with Crippen molar-refractivity contribution in [3.63, 3.8) is 0 Å². The van der Waals surface area contributed by atoms with Gasteiger partial charge in [-0.25, -0.2) is 0 Å². The number of aryl methyl sites for hydroxylation is 2. The van der Waals surface area contributed by atoms with E-state index in [-0.39, 0.29) is 18.3 Å². The first kappa shape index (κ1) is 19.8. The fourth-order valence-corrected chi connectivity index (χ4v) is 2.89. The number of carbonyl (C=O) groups is 1. The van der Waals surface area contributed by atoms with Crippen LogP contribution in [-0.2, 0) is 4.79 Å². The van der Waals surface area contributed by atoms with Crippen molar-refractivity contribution in [3.05, 3.63) is 29.3 Å². The Bertz CT molecular complexity index is 488. The van der Waals surface area contributed by atoms with E-state index in [1.54, 1.807) is 0 Å². The maximum atomic E-state index is 11.8. The van der Waals surface area contributed by atoms with E-state index >= 15 is 0 Å². The number of hydrogen-bond acceptors (Lipinski definition) is 3. The highest BCUT2D eigenvalue weighted by Crippen LogP contribution is 2.18. The topological polar surface area (TPSA) is 50.4 Å². The normalized spacial score (nSPS) is 17.2. The van der Waals surface area contributed by atoms with E-state index in [1.807, 2.05) is 19.1 Å². The average molecular weight is 341 g/mol. The predicted octanol–water partition coefficient (Wildman–Crippen LogP) is 3.00. The number of rotatable bonds is 7. The third kappa shape index (κ3) is 7.23. The quantitative estimate of drug-likeness (QED) is 0.802. The number of hydrogen-bond donors (Lipinski definition) is 2. The van der Waals surface area contributed by atoms with Gasteiger partial charge in [-0.05, 0) is 63.7 Å². The van der Waals surface area contributed by atoms with E-state index in [0.717, 1.165) is 37.4 Å². The van der Waals surface area contributed by atoms with Gasteiger partial charge in [-0.3, -0.25) is 4.79 Å². The fraction of sp³-hybridized carbons (Fsp3) is 0.611. The molecule has 1 aromatic rings. The summed E-state index contributed by atoms with van der Waals surface area (Å²) in [4.78, 5) is 11.8. The van der Waals surface area contributed by atoms with Crippen molar-refractivity contribution < 1.29 is 9.53 Å². The molecule has 1 fully saturated rings. The highest BCUT2D eigenvalue weighted by Gasteiger charge is 2.12. The molecule has 1 aliphatic rings. The lowest BCUT2D eigenvalue weighted by molar-refractivity contribution is -0.121. The SMILES string of the molecule is Cc1ccc(OCCC(=O)NCCC2CCCNC2)c(C)c1.Cl. The van der Waals surface area contributed by atoms with Gasteiger partial charge in [0.1, 0.15) is 5.75 Å². The Labute approximate surface area is 145 Å². The van der Waals surface area contributed by atoms with Gasteiger partial charge in [0.05, 0.1) is 13.0 Å². The van der Waals surface area contributed by atoms with Crippen LogP contribution in [-0.4, -0.2) is 32.1 Å². The minimum absolute atomic E-state index is 0. The fourth-order valence-electron chi connectivity index (χ4n) is 2.89. The lowest BCUT2D eigenvalue weighted by Crippen LogP contribution is -2.33. The first-order chi connectivity index (χ1) is 10.6. The van der Waals surface area contributed by atoms with E-state index in [0.29, 0.717) is 18.9 Å². The third-order valence-electron chi connectivity index (χ3n) is 4.19. The second kappa shape index (κ2) is 10.5. The molecule has 5 heteroatoms. The number of nitrogens with one attached hydrogen (secondary N) is 2. The van der Waals surface area contributed by atoms with Gasteiger partial charge in [-0.1, -0.05) is 17.7 Å². The molecule has 0 spiro atoms. The highest BCUT2D eigenvalue weighted by atomic mass is 35.5. The Morgan fingerprint density at radius 1 is 1.39 bits per heavy atom. The molecule has 0 aromatic heterocycles. The number of ether oxygens (including phenoxy) is 1. The molecule has 1 saturated heterocycles. The molecule has 1 atom stereocenters. The van der Waals surface area contributed by atoms with Crippen LogP contribution in [0.1, 0.15) is 36.8 Å². The van der Waals surface area contributed by atoms with Crippen molar-refractivity contribution in [2.75, 3.05) is 26.2 Å². The van der Waals surface area contributed by atoms with Crippen LogP contribution in [0.3, 0.4) is 0 Å². The molecule has 2 rings (SSSR count). The van der Waals surface area contributed by atoms with Gasteiger partial charge in [-0.15, -0.1) is 12.4 Å². The number of benzene rings is 1. The van der Waals surface area contributed by atoms with Gasteiger partial charge in [0.15, 0.2) is 0 Å². The summed E-state index contributed by atoms with van der Waals surface area (Å²) in [5, 5.41) is 6.40. The van der Waals surface area contributed by atoms with Crippen molar-refractivity contribution in [2.45, 2.75) is 39.5 Å². The molecular formula is C18H29ClN2O2. The maximum absolute atomic E-state index is 11.8. The lowest BCUT2D eigenvalue weighted by atomic mass is 9.96. The zero-order valence-corrected chi connectivity index (χ0v) is 15.0. The largest absolute Gasteiger partial charge is 0.493 e. The van der Waals surface area contributed by atoms with Crippen LogP contribution >= 0.6 is 12.4 Å². The van der Waals surface area contributed by atoms with Gasteiger partial charge >= 0.3 is 0 Å². The summed E-state index contributed by atoms with van der Waals surface area (Å²) in [6, 6.07) is 6.09. The summed E-state index contributed by atoms with van der Waals surface area (Å²) in [5.41, 5.74) is 2.34. The van der Waals surface area contributed by atoms with E-state index in [2.05, 4.69) is 23.6 Å². The number of amides is 1. The first-order valence-electron chi connectivity index (χ1n) is 8.32. The van der Waals surface area contributed by atoms with Gasteiger partial charge in [0, 0.05) is 6.54 Å². The summed E-state index contributed by atoms with van der Waals surface area (Å²) in [5.74, 6) is 1.65. The second-order valence-corrected chi connectivity index (χ2v) is 6.22. The Morgan fingerprint density at radius 2 is 2.22 bits per heavy atom. The summed E-state index contributed by atoms with van der Waals surface area (Å²) in [6.45, 7) is 7.52. The summed E-state index contributed by atoms with van der Waals surface area (Å²) < 4.78 is 5.69. The number of piperidine rings is 1. The molecule has 0 radical (unpaired) electrons. The predicted molar refractivity (Wildman–Crippen MR) is 96.5 cm³/mol. The van der Waals surface area contributed by atoms with E-state index in [9.17, 15) is 4.79 Å². The third-order valence-corrected chi connectivity index (χ3v) is 4.19. The molecule has 0 saturated carbocycles. The Kier molecular flexibility index (Phi) is 9.03. The Balaban J connectivity index is 0.00000264. The monoisotopic (exact) mass is 340 g/mol. The van der Waals surface area contributed by atoms with Gasteiger partial charge in [0.25, 0.3) is 0 Å². The number of halogens is 1. The maximum Gasteiger partial charge on any atom is 0.223 e. The molecule has 0 bridgehead atoms. The average Bonchev–Trinajstić information content (AvgIpc) is 2.50. The molecule has 2 N–H and O–H groups in total. The van der Waals surface area contributed by atoms with Gasteiger partial charge in [0.2, 0.25) is 5.91 Å². The van der Waals surface area contributed by atoms with Crippen LogP contribution in [0.2, 0.25) is 0 Å². The zero-order chi connectivity index (χ0) is 15.8. The van der Waals surface area contributed by atoms with Crippen LogP contribution in [0.15, 0.2) is 18.2 Å². The molecule has 0 aliphatic carbocycles. The van der Waals surface area contributed by atoms with Crippen LogP contribution in [0.4, 0.5) is 0 Å². The summed E-state index contributed by atoms with van der Waals surface area (Å²) in [7, 11) is 0. The minimum Gasteiger partial charge on any atom is -0.493 e. The number of carbonyl (C=O) groups excluding carboxylic acids is 1. The van der Waals surface area contributed by atoms with Crippen LogP contribution in [0.5, 0.6) is 5.75 Å². The van der Waals surface area contributed by atoms with E-state index in [4.69, 9.17) is 4.74 Å². The molecule has 4 nitrogen and oxygen atoms in total. The Morgan fingerprint density at radius 3 is 2.91 bits per heavy atom. The van der Waals surface area contributed by atoms with Crippen LogP contribution in [0, 0.1) is 19.8 Å². The van der Waals surface area contributed by atoms with E-state index < -0.39 is 0 Å². The lowest BCUT2D eigenvalue weighted by Gasteiger charge is -2.22. The molecule has 1 aliphatic heterocycles. The van der Waals surface area contributed by atoms with Gasteiger partial charge < -0.3 is 15.4 Å². The molecule has 1 unspecified atom stereocenters. The molecular weight excluding hydrogens is 312 g/mol. The molecule has 130 valence electrons. The molecule has 1 aromatic carbocycles. The molecule has 1 heterocycles. The van der Waals surface area contributed by atoms with Crippen molar-refractivity contribution in [1.82, 2.24) is 10.6 Å². The van der Waals surface area contributed by atoms with Crippen LogP contribution in [0.25, 0.3) is 0 Å². The smallest absolute Gasteiger partial charge is 0.223 e. The van der Waals surface area contributed by atoms with Crippen LogP contribution < -0.4 is 15.4 Å². The highest BCUT2D eigenvalue weighted by molar-refractivity contribution is 5.85. The molecule has 1 amide bonds. The van der Waals surface area contributed by atoms with Crippen molar-refractivity contribution in [1.29, 1.82) is 0 Å². The van der Waals surface area contributed by atoms with Crippen molar-refractivity contribution >= 4 is 18.3 Å². The minimum atomic E-state index is 0. The van der Waals surface area contributed by atoms with Gasteiger partial charge in [-0.2, -0.15) is 0 Å². The summed E-state index contributed by atoms with van der Waals surface area (Å²) in [6.07, 6.45) is 4.01. The molecule has 23 heavy (non-hydrogen) atoms. The van der Waals surface area contributed by atoms with E-state index in [1.165, 1.54) is 18.4 Å². The standard InChI is InChI=1S/C18H28N2O2.ClH/c1-14-5-6-17(15(2)12-14)22-11-8-18(21)20-10-7-16-4-3-9-19-13-16;/h5-6,12,16,19H,3-4,7-11,13H2,1-2H3,(H,20,21);1H.